The lowest BCUT2D eigenvalue weighted by atomic mass is 10.0. The summed E-state index contributed by atoms with van der Waals surface area (Å²) in [4.78, 5) is 10.4. The van der Waals surface area contributed by atoms with Crippen molar-refractivity contribution in [3.8, 4) is 0 Å². The van der Waals surface area contributed by atoms with Crippen LogP contribution in [-0.4, -0.2) is 25.2 Å². The maximum absolute atomic E-state index is 11.9. The maximum Gasteiger partial charge on any atom is 0.328 e. The zero-order valence-corrected chi connectivity index (χ0v) is 13.3. The Morgan fingerprint density at radius 1 is 1.24 bits per heavy atom. The van der Waals surface area contributed by atoms with Crippen molar-refractivity contribution in [2.75, 3.05) is 5.75 Å². The van der Waals surface area contributed by atoms with Gasteiger partial charge in [-0.3, -0.25) is 0 Å². The first-order chi connectivity index (χ1) is 9.57. The first-order valence-electron chi connectivity index (χ1n) is 6.55. The van der Waals surface area contributed by atoms with Crippen LogP contribution in [0.5, 0.6) is 0 Å². The summed E-state index contributed by atoms with van der Waals surface area (Å²) in [5.41, 5.74) is 1.27. The van der Waals surface area contributed by atoms with E-state index in [0.29, 0.717) is 0 Å². The van der Waals surface area contributed by atoms with Crippen molar-refractivity contribution in [2.24, 2.45) is 5.41 Å². The molecule has 0 aliphatic carbocycles. The van der Waals surface area contributed by atoms with Gasteiger partial charge in [0.2, 0.25) is 10.0 Å². The Labute approximate surface area is 125 Å². The van der Waals surface area contributed by atoms with Crippen molar-refractivity contribution in [3.63, 3.8) is 0 Å². The molecule has 0 spiro atoms. The van der Waals surface area contributed by atoms with Crippen molar-refractivity contribution in [2.45, 2.75) is 27.3 Å². The Morgan fingerprint density at radius 2 is 1.81 bits per heavy atom. The Kier molecular flexibility index (Phi) is 5.69. The minimum Gasteiger partial charge on any atom is -0.478 e. The smallest absolute Gasteiger partial charge is 0.328 e. The third-order valence-corrected chi connectivity index (χ3v) is 4.35. The van der Waals surface area contributed by atoms with Gasteiger partial charge in [-0.1, -0.05) is 45.0 Å². The molecule has 0 saturated carbocycles. The molecule has 6 heteroatoms. The molecule has 21 heavy (non-hydrogen) atoms. The Balaban J connectivity index is 2.63. The van der Waals surface area contributed by atoms with Crippen molar-refractivity contribution in [3.05, 3.63) is 41.5 Å². The highest BCUT2D eigenvalue weighted by molar-refractivity contribution is 7.89. The minimum atomic E-state index is -3.31. The van der Waals surface area contributed by atoms with Gasteiger partial charge in [-0.15, -0.1) is 0 Å². The SMILES string of the molecule is CC(C)(C)CS(=O)(=O)NCc1ccc(C=CC(=O)O)cc1. The summed E-state index contributed by atoms with van der Waals surface area (Å²) in [5, 5.41) is 8.53. The van der Waals surface area contributed by atoms with Crippen LogP contribution in [0.3, 0.4) is 0 Å². The first-order valence-corrected chi connectivity index (χ1v) is 8.20. The average molecular weight is 311 g/mol. The van der Waals surface area contributed by atoms with E-state index in [1.807, 2.05) is 20.8 Å². The Morgan fingerprint density at radius 3 is 2.29 bits per heavy atom. The van der Waals surface area contributed by atoms with Crippen molar-refractivity contribution >= 4 is 22.1 Å². The summed E-state index contributed by atoms with van der Waals surface area (Å²) < 4.78 is 26.3. The van der Waals surface area contributed by atoms with E-state index in [0.717, 1.165) is 17.2 Å². The van der Waals surface area contributed by atoms with Gasteiger partial charge in [0.05, 0.1) is 5.75 Å². The number of hydrogen-bond donors (Lipinski definition) is 2. The van der Waals surface area contributed by atoms with Crippen molar-refractivity contribution in [1.82, 2.24) is 4.72 Å². The number of carboxylic acid groups (broad SMARTS) is 1. The largest absolute Gasteiger partial charge is 0.478 e. The highest BCUT2D eigenvalue weighted by Gasteiger charge is 2.20. The molecule has 0 aliphatic heterocycles. The van der Waals surface area contributed by atoms with E-state index in [9.17, 15) is 13.2 Å². The predicted molar refractivity (Wildman–Crippen MR) is 83.2 cm³/mol. The minimum absolute atomic E-state index is 0.0689. The van der Waals surface area contributed by atoms with E-state index in [2.05, 4.69) is 4.72 Å². The second kappa shape index (κ2) is 6.87. The Hall–Kier alpha value is -1.66. The monoisotopic (exact) mass is 311 g/mol. The van der Waals surface area contributed by atoms with Crippen molar-refractivity contribution in [1.29, 1.82) is 0 Å². The van der Waals surface area contributed by atoms with Gasteiger partial charge in [-0.2, -0.15) is 0 Å². The van der Waals surface area contributed by atoms with Gasteiger partial charge in [-0.05, 0) is 22.6 Å². The van der Waals surface area contributed by atoms with Gasteiger partial charge in [0.25, 0.3) is 0 Å². The average Bonchev–Trinajstić information content (AvgIpc) is 2.32. The van der Waals surface area contributed by atoms with Crippen LogP contribution in [0.4, 0.5) is 0 Å². The molecular weight excluding hydrogens is 290 g/mol. The summed E-state index contributed by atoms with van der Waals surface area (Å²) in [5.74, 6) is -0.937. The molecule has 0 aliphatic rings. The number of nitrogens with one attached hydrogen (secondary N) is 1. The molecule has 0 heterocycles. The molecule has 0 bridgehead atoms. The van der Waals surface area contributed by atoms with Crippen molar-refractivity contribution < 1.29 is 18.3 Å². The molecule has 0 saturated heterocycles. The fourth-order valence-corrected chi connectivity index (χ4v) is 3.36. The van der Waals surface area contributed by atoms with E-state index < -0.39 is 16.0 Å². The summed E-state index contributed by atoms with van der Waals surface area (Å²) in [6.07, 6.45) is 2.54. The van der Waals surface area contributed by atoms with E-state index >= 15 is 0 Å². The van der Waals surface area contributed by atoms with Crippen LogP contribution < -0.4 is 4.72 Å². The van der Waals surface area contributed by atoms with Gasteiger partial charge in [0, 0.05) is 12.6 Å². The zero-order chi connectivity index (χ0) is 16.1. The molecule has 0 unspecified atom stereocenters. The van der Waals surface area contributed by atoms with Crippen LogP contribution in [0.2, 0.25) is 0 Å². The number of benzene rings is 1. The molecule has 2 N–H and O–H groups in total. The summed E-state index contributed by atoms with van der Waals surface area (Å²) >= 11 is 0. The fourth-order valence-electron chi connectivity index (χ4n) is 1.73. The van der Waals surface area contributed by atoms with E-state index in [1.165, 1.54) is 6.08 Å². The quantitative estimate of drug-likeness (QED) is 0.789. The summed E-state index contributed by atoms with van der Waals surface area (Å²) in [6.45, 7) is 5.84. The highest BCUT2D eigenvalue weighted by Crippen LogP contribution is 2.15. The first kappa shape index (κ1) is 17.4. The van der Waals surface area contributed by atoms with E-state index in [1.54, 1.807) is 24.3 Å². The molecule has 1 aromatic rings. The van der Waals surface area contributed by atoms with Gasteiger partial charge >= 0.3 is 5.97 Å². The molecule has 0 atom stereocenters. The molecule has 1 aromatic carbocycles. The molecule has 116 valence electrons. The number of aliphatic carboxylic acids is 1. The van der Waals surface area contributed by atoms with Crippen LogP contribution in [0, 0.1) is 5.41 Å². The zero-order valence-electron chi connectivity index (χ0n) is 12.5. The van der Waals surface area contributed by atoms with Crippen LogP contribution in [0.1, 0.15) is 31.9 Å². The number of hydrogen-bond acceptors (Lipinski definition) is 3. The van der Waals surface area contributed by atoms with E-state index in [4.69, 9.17) is 5.11 Å². The molecule has 5 nitrogen and oxygen atoms in total. The van der Waals surface area contributed by atoms with Crippen LogP contribution >= 0.6 is 0 Å². The Bertz CT molecular complexity index is 610. The number of sulfonamides is 1. The third kappa shape index (κ3) is 7.63. The van der Waals surface area contributed by atoms with Gasteiger partial charge in [0.1, 0.15) is 0 Å². The summed E-state index contributed by atoms with van der Waals surface area (Å²) in [6, 6.07) is 7.02. The lowest BCUT2D eigenvalue weighted by molar-refractivity contribution is -0.131. The second-order valence-electron chi connectivity index (χ2n) is 6.05. The normalized spacial score (nSPS) is 12.7. The van der Waals surface area contributed by atoms with Gasteiger partial charge in [0.15, 0.2) is 0 Å². The van der Waals surface area contributed by atoms with Crippen LogP contribution in [-0.2, 0) is 21.4 Å². The standard InChI is InChI=1S/C15H21NO4S/c1-15(2,3)11-21(19,20)16-10-13-6-4-12(5-7-13)8-9-14(17)18/h4-9,16H,10-11H2,1-3H3,(H,17,18). The van der Waals surface area contributed by atoms with E-state index in [-0.39, 0.29) is 17.7 Å². The molecular formula is C15H21NO4S. The lowest BCUT2D eigenvalue weighted by Crippen LogP contribution is -2.31. The number of rotatable bonds is 6. The lowest BCUT2D eigenvalue weighted by Gasteiger charge is -2.18. The highest BCUT2D eigenvalue weighted by atomic mass is 32.2. The number of carbonyl (C=O) groups is 1. The van der Waals surface area contributed by atoms with Gasteiger partial charge in [-0.25, -0.2) is 17.9 Å². The molecule has 0 fully saturated rings. The van der Waals surface area contributed by atoms with Crippen LogP contribution in [0.25, 0.3) is 6.08 Å². The fraction of sp³-hybridized carbons (Fsp3) is 0.400. The number of carboxylic acids is 1. The van der Waals surface area contributed by atoms with Crippen LogP contribution in [0.15, 0.2) is 30.3 Å². The topological polar surface area (TPSA) is 83.5 Å². The summed E-state index contributed by atoms with van der Waals surface area (Å²) in [7, 11) is -3.31. The third-order valence-electron chi connectivity index (χ3n) is 2.52. The molecule has 0 radical (unpaired) electrons. The maximum atomic E-state index is 11.9. The molecule has 0 amide bonds. The second-order valence-corrected chi connectivity index (χ2v) is 7.86. The van der Waals surface area contributed by atoms with Gasteiger partial charge < -0.3 is 5.11 Å². The predicted octanol–water partition coefficient (Wildman–Crippen LogP) is 2.25. The molecule has 1 rings (SSSR count). The molecule has 0 aromatic heterocycles.